The molecule has 2 aromatic carbocycles. The molecular formula is C21H23Cl2N3OS2. The SMILES string of the molecule is Cc1ccc(Cl)c2sc(N(CCCN(C)C)C(=O)CSc3ccc(Cl)cc3)nc12. The molecule has 0 aliphatic heterocycles. The van der Waals surface area contributed by atoms with E-state index in [9.17, 15) is 4.79 Å². The molecule has 4 nitrogen and oxygen atoms in total. The number of carbonyl (C=O) groups excluding carboxylic acids is 1. The Morgan fingerprint density at radius 1 is 1.10 bits per heavy atom. The van der Waals surface area contributed by atoms with E-state index in [1.807, 2.05) is 57.4 Å². The average molecular weight is 468 g/mol. The van der Waals surface area contributed by atoms with Gasteiger partial charge in [-0.3, -0.25) is 9.69 Å². The lowest BCUT2D eigenvalue weighted by Gasteiger charge is -2.21. The predicted molar refractivity (Wildman–Crippen MR) is 127 cm³/mol. The minimum atomic E-state index is 0.0385. The van der Waals surface area contributed by atoms with Gasteiger partial charge in [0.05, 0.1) is 21.0 Å². The van der Waals surface area contributed by atoms with Gasteiger partial charge in [-0.2, -0.15) is 0 Å². The number of aromatic nitrogens is 1. The van der Waals surface area contributed by atoms with E-state index in [0.717, 1.165) is 33.6 Å². The summed E-state index contributed by atoms with van der Waals surface area (Å²) in [7, 11) is 4.06. The van der Waals surface area contributed by atoms with Crippen LogP contribution in [0.2, 0.25) is 10.0 Å². The Labute approximate surface area is 189 Å². The number of amides is 1. The lowest BCUT2D eigenvalue weighted by atomic mass is 10.2. The summed E-state index contributed by atoms with van der Waals surface area (Å²) in [4.78, 5) is 22.8. The molecular weight excluding hydrogens is 445 g/mol. The number of hydrogen-bond acceptors (Lipinski definition) is 5. The number of aryl methyl sites for hydroxylation is 1. The molecule has 3 aromatic rings. The molecule has 0 spiro atoms. The monoisotopic (exact) mass is 467 g/mol. The Balaban J connectivity index is 1.81. The van der Waals surface area contributed by atoms with Gasteiger partial charge in [-0.05, 0) is 69.9 Å². The third-order valence-corrected chi connectivity index (χ3v) is 7.17. The standard InChI is InChI=1S/C21H23Cl2N3OS2/c1-14-5-10-17(23)20-19(14)24-21(29-20)26(12-4-11-25(2)3)18(27)13-28-16-8-6-15(22)7-9-16/h5-10H,4,11-13H2,1-3H3. The molecule has 0 bridgehead atoms. The summed E-state index contributed by atoms with van der Waals surface area (Å²) in [6.07, 6.45) is 0.868. The molecule has 8 heteroatoms. The molecule has 154 valence electrons. The number of halogens is 2. The molecule has 0 radical (unpaired) electrons. The summed E-state index contributed by atoms with van der Waals surface area (Å²) in [5.41, 5.74) is 1.93. The Kier molecular flexibility index (Phi) is 7.82. The first kappa shape index (κ1) is 22.4. The fourth-order valence-corrected chi connectivity index (χ4v) is 5.09. The van der Waals surface area contributed by atoms with Crippen molar-refractivity contribution in [3.8, 4) is 0 Å². The number of fused-ring (bicyclic) bond motifs is 1. The van der Waals surface area contributed by atoms with Gasteiger partial charge in [-0.15, -0.1) is 11.8 Å². The summed E-state index contributed by atoms with van der Waals surface area (Å²) in [6, 6.07) is 11.4. The number of rotatable bonds is 8. The van der Waals surface area contributed by atoms with Crippen molar-refractivity contribution in [2.75, 3.05) is 37.8 Å². The van der Waals surface area contributed by atoms with Crippen molar-refractivity contribution in [3.05, 3.63) is 52.0 Å². The second-order valence-electron chi connectivity index (χ2n) is 6.98. The van der Waals surface area contributed by atoms with Gasteiger partial charge in [0.25, 0.3) is 0 Å². The number of benzene rings is 2. The third-order valence-electron chi connectivity index (χ3n) is 4.38. The van der Waals surface area contributed by atoms with Crippen LogP contribution in [0.25, 0.3) is 10.2 Å². The van der Waals surface area contributed by atoms with Crippen LogP contribution in [0.3, 0.4) is 0 Å². The molecule has 3 rings (SSSR count). The zero-order valence-electron chi connectivity index (χ0n) is 16.6. The molecule has 1 aromatic heterocycles. The molecule has 0 aliphatic carbocycles. The number of hydrogen-bond donors (Lipinski definition) is 0. The van der Waals surface area contributed by atoms with Gasteiger partial charge < -0.3 is 4.90 Å². The van der Waals surface area contributed by atoms with Gasteiger partial charge in [0, 0.05) is 16.5 Å². The molecule has 0 aliphatic rings. The number of carbonyl (C=O) groups is 1. The summed E-state index contributed by atoms with van der Waals surface area (Å²) in [6.45, 7) is 3.53. The van der Waals surface area contributed by atoms with E-state index < -0.39 is 0 Å². The van der Waals surface area contributed by atoms with Crippen molar-refractivity contribution in [1.82, 2.24) is 9.88 Å². The first-order chi connectivity index (χ1) is 13.8. The number of nitrogens with zero attached hydrogens (tertiary/aromatic N) is 3. The first-order valence-corrected chi connectivity index (χ1v) is 11.8. The Bertz CT molecular complexity index is 951. The quantitative estimate of drug-likeness (QED) is 0.381. The van der Waals surface area contributed by atoms with Gasteiger partial charge in [-0.25, -0.2) is 4.98 Å². The second-order valence-corrected chi connectivity index (χ2v) is 9.85. The molecule has 0 fully saturated rings. The van der Waals surface area contributed by atoms with Crippen LogP contribution in [-0.4, -0.2) is 48.7 Å². The van der Waals surface area contributed by atoms with Crippen LogP contribution < -0.4 is 4.90 Å². The number of anilines is 1. The van der Waals surface area contributed by atoms with Crippen LogP contribution in [0.5, 0.6) is 0 Å². The minimum absolute atomic E-state index is 0.0385. The lowest BCUT2D eigenvalue weighted by Crippen LogP contribution is -2.34. The summed E-state index contributed by atoms with van der Waals surface area (Å²) in [5, 5.41) is 2.06. The smallest absolute Gasteiger partial charge is 0.239 e. The fraction of sp³-hybridized carbons (Fsp3) is 0.333. The second kappa shape index (κ2) is 10.1. The zero-order valence-corrected chi connectivity index (χ0v) is 19.8. The van der Waals surface area contributed by atoms with Crippen molar-refractivity contribution in [1.29, 1.82) is 0 Å². The molecule has 0 saturated heterocycles. The van der Waals surface area contributed by atoms with Crippen molar-refractivity contribution >= 4 is 67.6 Å². The van der Waals surface area contributed by atoms with E-state index in [2.05, 4.69) is 4.90 Å². The highest BCUT2D eigenvalue weighted by atomic mass is 35.5. The van der Waals surface area contributed by atoms with Crippen molar-refractivity contribution < 1.29 is 4.79 Å². The van der Waals surface area contributed by atoms with Crippen LogP contribution in [0.15, 0.2) is 41.3 Å². The molecule has 1 heterocycles. The van der Waals surface area contributed by atoms with E-state index in [0.29, 0.717) is 27.5 Å². The highest BCUT2D eigenvalue weighted by Gasteiger charge is 2.21. The minimum Gasteiger partial charge on any atom is -0.309 e. The Morgan fingerprint density at radius 3 is 2.48 bits per heavy atom. The Hall–Kier alpha value is -1.31. The first-order valence-electron chi connectivity index (χ1n) is 9.24. The normalized spacial score (nSPS) is 11.4. The van der Waals surface area contributed by atoms with Gasteiger partial charge in [0.1, 0.15) is 0 Å². The van der Waals surface area contributed by atoms with Crippen LogP contribution in [0.1, 0.15) is 12.0 Å². The maximum absolute atomic E-state index is 13.1. The van der Waals surface area contributed by atoms with Crippen molar-refractivity contribution in [2.45, 2.75) is 18.2 Å². The Morgan fingerprint density at radius 2 is 1.83 bits per heavy atom. The zero-order chi connectivity index (χ0) is 21.0. The predicted octanol–water partition coefficient (Wildman–Crippen LogP) is 5.99. The molecule has 0 unspecified atom stereocenters. The molecule has 29 heavy (non-hydrogen) atoms. The molecule has 0 N–H and O–H groups in total. The van der Waals surface area contributed by atoms with Crippen LogP contribution >= 0.6 is 46.3 Å². The van der Waals surface area contributed by atoms with Gasteiger partial charge in [-0.1, -0.05) is 40.6 Å². The van der Waals surface area contributed by atoms with E-state index in [4.69, 9.17) is 28.2 Å². The van der Waals surface area contributed by atoms with Crippen LogP contribution in [-0.2, 0) is 4.79 Å². The summed E-state index contributed by atoms with van der Waals surface area (Å²) in [5.74, 6) is 0.378. The maximum atomic E-state index is 13.1. The van der Waals surface area contributed by atoms with Crippen molar-refractivity contribution in [2.24, 2.45) is 0 Å². The highest BCUT2D eigenvalue weighted by molar-refractivity contribution is 8.00. The van der Waals surface area contributed by atoms with Crippen LogP contribution in [0, 0.1) is 6.92 Å². The van der Waals surface area contributed by atoms with Gasteiger partial charge in [0.15, 0.2) is 5.13 Å². The van der Waals surface area contributed by atoms with E-state index in [1.165, 1.54) is 23.1 Å². The van der Waals surface area contributed by atoms with Crippen LogP contribution in [0.4, 0.5) is 5.13 Å². The lowest BCUT2D eigenvalue weighted by molar-refractivity contribution is -0.116. The van der Waals surface area contributed by atoms with Gasteiger partial charge >= 0.3 is 0 Å². The summed E-state index contributed by atoms with van der Waals surface area (Å²) < 4.78 is 0.928. The third kappa shape index (κ3) is 5.86. The number of thiazole rings is 1. The maximum Gasteiger partial charge on any atom is 0.239 e. The topological polar surface area (TPSA) is 36.4 Å². The number of thioether (sulfide) groups is 1. The van der Waals surface area contributed by atoms with Gasteiger partial charge in [0.2, 0.25) is 5.91 Å². The fourth-order valence-electron chi connectivity index (χ4n) is 2.83. The molecule has 0 saturated carbocycles. The highest BCUT2D eigenvalue weighted by Crippen LogP contribution is 2.36. The molecule has 0 atom stereocenters. The molecule has 1 amide bonds. The van der Waals surface area contributed by atoms with E-state index in [1.54, 1.807) is 4.90 Å². The average Bonchev–Trinajstić information content (AvgIpc) is 3.14. The summed E-state index contributed by atoms with van der Waals surface area (Å²) >= 11 is 15.3. The largest absolute Gasteiger partial charge is 0.309 e. The van der Waals surface area contributed by atoms with E-state index in [-0.39, 0.29) is 5.91 Å². The van der Waals surface area contributed by atoms with E-state index >= 15 is 0 Å². The van der Waals surface area contributed by atoms with Crippen molar-refractivity contribution in [3.63, 3.8) is 0 Å².